The molecule has 0 N–H and O–H groups in total. The Kier molecular flexibility index (Phi) is 5.73. The zero-order valence-corrected chi connectivity index (χ0v) is 17.7. The molecule has 5 rings (SSSR count). The van der Waals surface area contributed by atoms with Crippen LogP contribution >= 0.6 is 0 Å². The summed E-state index contributed by atoms with van der Waals surface area (Å²) in [6.45, 7) is 5.48. The van der Waals surface area contributed by atoms with Crippen LogP contribution in [0.3, 0.4) is 0 Å². The van der Waals surface area contributed by atoms with Crippen molar-refractivity contribution in [2.24, 2.45) is 0 Å². The van der Waals surface area contributed by atoms with Crippen molar-refractivity contribution in [2.45, 2.75) is 52.2 Å². The van der Waals surface area contributed by atoms with Gasteiger partial charge < -0.3 is 9.47 Å². The molecule has 160 valence electrons. The first-order valence-corrected chi connectivity index (χ1v) is 10.8. The van der Waals surface area contributed by atoms with Gasteiger partial charge in [0.25, 0.3) is 0 Å². The monoisotopic (exact) mass is 407 g/mol. The summed E-state index contributed by atoms with van der Waals surface area (Å²) < 4.78 is 16.1. The summed E-state index contributed by atoms with van der Waals surface area (Å²) in [5, 5.41) is 1.44. The van der Waals surface area contributed by atoms with E-state index in [1.54, 1.807) is 17.7 Å². The molecule has 0 radical (unpaired) electrons. The molecule has 2 aromatic carbocycles. The van der Waals surface area contributed by atoms with E-state index in [4.69, 9.17) is 0 Å². The molecule has 0 aliphatic carbocycles. The lowest BCUT2D eigenvalue weighted by Crippen LogP contribution is -2.32. The highest BCUT2D eigenvalue weighted by Crippen LogP contribution is 2.43. The molecule has 0 saturated carbocycles. The number of fused-ring (bicyclic) bond motifs is 5. The molecule has 3 aromatic rings. The summed E-state index contributed by atoms with van der Waals surface area (Å²) in [6, 6.07) is 14.7. The van der Waals surface area contributed by atoms with Crippen molar-refractivity contribution in [2.75, 3.05) is 27.2 Å². The predicted octanol–water partition coefficient (Wildman–Crippen LogP) is 5.72. The summed E-state index contributed by atoms with van der Waals surface area (Å²) in [5.41, 5.74) is 6.93. The van der Waals surface area contributed by atoms with Gasteiger partial charge in [-0.05, 0) is 75.8 Å². The van der Waals surface area contributed by atoms with Crippen LogP contribution in [0.15, 0.2) is 42.5 Å². The van der Waals surface area contributed by atoms with Crippen LogP contribution in [-0.4, -0.2) is 41.6 Å². The second-order valence-electron chi connectivity index (χ2n) is 8.97. The summed E-state index contributed by atoms with van der Waals surface area (Å²) >= 11 is 0. The summed E-state index contributed by atoms with van der Waals surface area (Å²) in [6.07, 6.45) is 3.69. The zero-order chi connectivity index (χ0) is 20.1. The number of nitrogens with zero attached hydrogens (tertiary/aromatic N) is 3. The maximum atomic E-state index is 13.5. The van der Waals surface area contributed by atoms with Gasteiger partial charge in [-0.3, -0.25) is 4.90 Å². The summed E-state index contributed by atoms with van der Waals surface area (Å²) in [4.78, 5) is 4.93. The number of halogens is 1. The van der Waals surface area contributed by atoms with Gasteiger partial charge in [0.2, 0.25) is 0 Å². The van der Waals surface area contributed by atoms with Crippen molar-refractivity contribution >= 4 is 10.9 Å². The molecule has 0 amide bonds. The Balaban J connectivity index is 0.00000218. The van der Waals surface area contributed by atoms with E-state index in [0.717, 1.165) is 25.1 Å². The molecule has 3 nitrogen and oxygen atoms in total. The third kappa shape index (κ3) is 3.46. The molecular formula is C26H34FN3. The standard InChI is InChI=1S/C25H30FN3.CH4/c1-17-6-11-21-20(15-17)25-22-5-4-13-28(22)14-12-23(25)29(21)16-24(27(2)3)18-7-9-19(26)10-8-18;/h6-11,15,22,24H,4-5,12-14,16H2,1-3H3;1H4. The van der Waals surface area contributed by atoms with E-state index in [-0.39, 0.29) is 19.3 Å². The molecule has 4 heteroatoms. The Morgan fingerprint density at radius 2 is 1.87 bits per heavy atom. The highest BCUT2D eigenvalue weighted by Gasteiger charge is 2.35. The van der Waals surface area contributed by atoms with Gasteiger partial charge in [-0.2, -0.15) is 0 Å². The Morgan fingerprint density at radius 1 is 1.10 bits per heavy atom. The van der Waals surface area contributed by atoms with Crippen LogP contribution in [0, 0.1) is 12.7 Å². The Hall–Kier alpha value is -2.17. The van der Waals surface area contributed by atoms with Crippen molar-refractivity contribution in [1.29, 1.82) is 0 Å². The Bertz CT molecular complexity index is 1030. The van der Waals surface area contributed by atoms with Gasteiger partial charge in [0.1, 0.15) is 5.82 Å². The van der Waals surface area contributed by atoms with Crippen molar-refractivity contribution in [3.8, 4) is 0 Å². The van der Waals surface area contributed by atoms with Crippen LogP contribution < -0.4 is 0 Å². The first-order chi connectivity index (χ1) is 14.0. The minimum Gasteiger partial charge on any atom is -0.342 e. The number of hydrogen-bond acceptors (Lipinski definition) is 2. The normalized spacial score (nSPS) is 19.6. The molecule has 3 heterocycles. The van der Waals surface area contributed by atoms with Gasteiger partial charge in [0.15, 0.2) is 0 Å². The molecule has 1 fully saturated rings. The number of likely N-dealkylation sites (N-methyl/N-ethyl adjacent to an activating group) is 1. The molecule has 0 spiro atoms. The van der Waals surface area contributed by atoms with E-state index in [1.165, 1.54) is 41.5 Å². The molecule has 1 saturated heterocycles. The first kappa shape index (κ1) is 21.1. The fourth-order valence-electron chi connectivity index (χ4n) is 5.49. The minimum atomic E-state index is -0.174. The maximum Gasteiger partial charge on any atom is 0.123 e. The smallest absolute Gasteiger partial charge is 0.123 e. The average Bonchev–Trinajstić information content (AvgIpc) is 3.29. The molecule has 2 unspecified atom stereocenters. The van der Waals surface area contributed by atoms with Crippen LogP contribution in [0.2, 0.25) is 0 Å². The second kappa shape index (κ2) is 8.16. The van der Waals surface area contributed by atoms with E-state index in [0.29, 0.717) is 6.04 Å². The van der Waals surface area contributed by atoms with Crippen LogP contribution in [0.1, 0.15) is 54.7 Å². The van der Waals surface area contributed by atoms with Crippen LogP contribution in [0.4, 0.5) is 4.39 Å². The third-order valence-corrected chi connectivity index (χ3v) is 6.94. The van der Waals surface area contributed by atoms with Crippen LogP contribution in [0.5, 0.6) is 0 Å². The van der Waals surface area contributed by atoms with Crippen molar-refractivity contribution in [1.82, 2.24) is 14.4 Å². The van der Waals surface area contributed by atoms with E-state index >= 15 is 0 Å². The lowest BCUT2D eigenvalue weighted by atomic mass is 9.95. The molecule has 1 aromatic heterocycles. The molecule has 30 heavy (non-hydrogen) atoms. The summed E-state index contributed by atoms with van der Waals surface area (Å²) in [7, 11) is 4.24. The van der Waals surface area contributed by atoms with Crippen LogP contribution in [-0.2, 0) is 13.0 Å². The quantitative estimate of drug-likeness (QED) is 0.548. The van der Waals surface area contributed by atoms with Gasteiger partial charge in [0.05, 0.1) is 6.04 Å². The minimum absolute atomic E-state index is 0. The summed E-state index contributed by atoms with van der Waals surface area (Å²) in [5.74, 6) is -0.174. The van der Waals surface area contributed by atoms with Gasteiger partial charge in [-0.15, -0.1) is 0 Å². The van der Waals surface area contributed by atoms with Crippen molar-refractivity contribution < 1.29 is 4.39 Å². The predicted molar refractivity (Wildman–Crippen MR) is 123 cm³/mol. The van der Waals surface area contributed by atoms with Gasteiger partial charge in [-0.25, -0.2) is 4.39 Å². The van der Waals surface area contributed by atoms with Crippen molar-refractivity contribution in [3.63, 3.8) is 0 Å². The highest BCUT2D eigenvalue weighted by atomic mass is 19.1. The highest BCUT2D eigenvalue weighted by molar-refractivity contribution is 5.87. The number of rotatable bonds is 4. The van der Waals surface area contributed by atoms with E-state index in [9.17, 15) is 4.39 Å². The number of benzene rings is 2. The largest absolute Gasteiger partial charge is 0.342 e. The van der Waals surface area contributed by atoms with Crippen molar-refractivity contribution in [3.05, 3.63) is 70.7 Å². The van der Waals surface area contributed by atoms with Gasteiger partial charge in [0, 0.05) is 42.1 Å². The number of hydrogen-bond donors (Lipinski definition) is 0. The van der Waals surface area contributed by atoms with E-state index in [1.807, 2.05) is 12.1 Å². The lowest BCUT2D eigenvalue weighted by molar-refractivity contribution is 0.235. The topological polar surface area (TPSA) is 11.4 Å². The van der Waals surface area contributed by atoms with Crippen LogP contribution in [0.25, 0.3) is 10.9 Å². The maximum absolute atomic E-state index is 13.5. The van der Waals surface area contributed by atoms with E-state index < -0.39 is 0 Å². The first-order valence-electron chi connectivity index (χ1n) is 10.8. The molecule has 2 atom stereocenters. The zero-order valence-electron chi connectivity index (χ0n) is 17.7. The molecule has 2 aliphatic rings. The Morgan fingerprint density at radius 3 is 2.60 bits per heavy atom. The SMILES string of the molecule is C.Cc1ccc2c(c1)c1c(n2CC(c2ccc(F)cc2)N(C)C)CCN2CCCC12. The molecule has 2 aliphatic heterocycles. The molecular weight excluding hydrogens is 373 g/mol. The fraction of sp³-hybridized carbons (Fsp3) is 0.462. The third-order valence-electron chi connectivity index (χ3n) is 6.94. The second-order valence-corrected chi connectivity index (χ2v) is 8.97. The van der Waals surface area contributed by atoms with Gasteiger partial charge >= 0.3 is 0 Å². The molecule has 0 bridgehead atoms. The fourth-order valence-corrected chi connectivity index (χ4v) is 5.49. The Labute approximate surface area is 180 Å². The number of aryl methyl sites for hydroxylation is 1. The average molecular weight is 408 g/mol. The number of aromatic nitrogens is 1. The van der Waals surface area contributed by atoms with Gasteiger partial charge in [-0.1, -0.05) is 31.2 Å². The lowest BCUT2D eigenvalue weighted by Gasteiger charge is -2.32. The van der Waals surface area contributed by atoms with E-state index in [2.05, 4.69) is 53.6 Å².